The van der Waals surface area contributed by atoms with Crippen molar-refractivity contribution >= 4 is 16.9 Å². The number of nitrogens with zero attached hydrogens (tertiary/aromatic N) is 2. The molecule has 0 bridgehead atoms. The number of carbonyl (C=O) groups is 1. The van der Waals surface area contributed by atoms with Gasteiger partial charge in [-0.25, -0.2) is 4.98 Å². The molecule has 3 aromatic carbocycles. The highest BCUT2D eigenvalue weighted by molar-refractivity contribution is 5.94. The van der Waals surface area contributed by atoms with E-state index >= 15 is 0 Å². The standard InChI is InChI=1S/C30H33N3O4/c1-5-10-22-15-16-27(28(19-22)36-4)37-18-9-17-33-26-14-7-6-13-25(26)32-29(33)21(2)31-30(34)23-11-8-12-24(20-23)35-3/h5-8,11-16,19-21H,1,9-10,17-18H2,2-4H3,(H,31,34). The number of hydrogen-bond donors (Lipinski definition) is 1. The summed E-state index contributed by atoms with van der Waals surface area (Å²) in [6.45, 7) is 6.93. The number of hydrogen-bond acceptors (Lipinski definition) is 5. The van der Waals surface area contributed by atoms with Crippen LogP contribution in [0.1, 0.15) is 41.1 Å². The van der Waals surface area contributed by atoms with Gasteiger partial charge in [-0.3, -0.25) is 4.79 Å². The first-order valence-corrected chi connectivity index (χ1v) is 12.3. The zero-order valence-electron chi connectivity index (χ0n) is 21.6. The van der Waals surface area contributed by atoms with Crippen LogP contribution in [0.15, 0.2) is 79.4 Å². The number of aromatic nitrogens is 2. The van der Waals surface area contributed by atoms with Crippen LogP contribution < -0.4 is 19.5 Å². The van der Waals surface area contributed by atoms with E-state index in [0.29, 0.717) is 36.0 Å². The van der Waals surface area contributed by atoms with Crippen LogP contribution in [0.25, 0.3) is 11.0 Å². The summed E-state index contributed by atoms with van der Waals surface area (Å²) in [6, 6.07) is 20.7. The number of fused-ring (bicyclic) bond motifs is 1. The van der Waals surface area contributed by atoms with Crippen LogP contribution in [0.2, 0.25) is 0 Å². The molecule has 192 valence electrons. The minimum atomic E-state index is -0.301. The predicted molar refractivity (Wildman–Crippen MR) is 146 cm³/mol. The summed E-state index contributed by atoms with van der Waals surface area (Å²) in [5.41, 5.74) is 3.57. The zero-order valence-corrected chi connectivity index (χ0v) is 21.6. The first-order valence-electron chi connectivity index (χ1n) is 12.3. The minimum Gasteiger partial charge on any atom is -0.497 e. The van der Waals surface area contributed by atoms with Gasteiger partial charge in [-0.15, -0.1) is 6.58 Å². The second kappa shape index (κ2) is 12.1. The van der Waals surface area contributed by atoms with E-state index in [1.165, 1.54) is 0 Å². The number of ether oxygens (including phenoxy) is 3. The Balaban J connectivity index is 1.46. The monoisotopic (exact) mass is 499 g/mol. The van der Waals surface area contributed by atoms with E-state index in [-0.39, 0.29) is 11.9 Å². The zero-order chi connectivity index (χ0) is 26.2. The van der Waals surface area contributed by atoms with Crippen LogP contribution in [-0.4, -0.2) is 36.3 Å². The van der Waals surface area contributed by atoms with Crippen molar-refractivity contribution in [2.75, 3.05) is 20.8 Å². The highest BCUT2D eigenvalue weighted by Gasteiger charge is 2.19. The fourth-order valence-electron chi connectivity index (χ4n) is 4.30. The maximum absolute atomic E-state index is 12.9. The number of amides is 1. The third-order valence-corrected chi connectivity index (χ3v) is 6.14. The molecular formula is C30H33N3O4. The van der Waals surface area contributed by atoms with E-state index in [4.69, 9.17) is 19.2 Å². The normalized spacial score (nSPS) is 11.6. The molecule has 1 unspecified atom stereocenters. The lowest BCUT2D eigenvalue weighted by Gasteiger charge is -2.17. The van der Waals surface area contributed by atoms with Gasteiger partial charge in [0.15, 0.2) is 11.5 Å². The summed E-state index contributed by atoms with van der Waals surface area (Å²) in [7, 11) is 3.23. The van der Waals surface area contributed by atoms with Crippen molar-refractivity contribution in [2.45, 2.75) is 32.4 Å². The molecule has 37 heavy (non-hydrogen) atoms. The average molecular weight is 500 g/mol. The SMILES string of the molecule is C=CCc1ccc(OCCCn2c(C(C)NC(=O)c3cccc(OC)c3)nc3ccccc32)c(OC)c1. The maximum atomic E-state index is 12.9. The molecule has 7 heteroatoms. The largest absolute Gasteiger partial charge is 0.497 e. The number of nitrogens with one attached hydrogen (secondary N) is 1. The Hall–Kier alpha value is -4.26. The molecule has 1 heterocycles. The second-order valence-electron chi connectivity index (χ2n) is 8.72. The van der Waals surface area contributed by atoms with E-state index < -0.39 is 0 Å². The van der Waals surface area contributed by atoms with Crippen LogP contribution in [0.5, 0.6) is 17.2 Å². The molecule has 0 spiro atoms. The van der Waals surface area contributed by atoms with E-state index in [9.17, 15) is 4.79 Å². The molecule has 0 saturated carbocycles. The Kier molecular flexibility index (Phi) is 8.46. The minimum absolute atomic E-state index is 0.180. The van der Waals surface area contributed by atoms with Crippen molar-refractivity contribution in [1.29, 1.82) is 0 Å². The highest BCUT2D eigenvalue weighted by Crippen LogP contribution is 2.29. The van der Waals surface area contributed by atoms with E-state index in [1.54, 1.807) is 32.4 Å². The number of benzene rings is 3. The summed E-state index contributed by atoms with van der Waals surface area (Å²) in [5, 5.41) is 3.08. The molecule has 1 aromatic heterocycles. The lowest BCUT2D eigenvalue weighted by Crippen LogP contribution is -2.29. The third-order valence-electron chi connectivity index (χ3n) is 6.14. The van der Waals surface area contributed by atoms with Crippen molar-refractivity contribution in [3.63, 3.8) is 0 Å². The molecule has 0 aliphatic heterocycles. The summed E-state index contributed by atoms with van der Waals surface area (Å²) in [6.07, 6.45) is 3.39. The van der Waals surface area contributed by atoms with Gasteiger partial charge >= 0.3 is 0 Å². The molecule has 0 aliphatic carbocycles. The number of rotatable bonds is 12. The first kappa shape index (κ1) is 25.8. The summed E-state index contributed by atoms with van der Waals surface area (Å²) in [5.74, 6) is 2.68. The van der Waals surface area contributed by atoms with Crippen molar-refractivity contribution in [3.05, 3.63) is 96.3 Å². The van der Waals surface area contributed by atoms with Crippen LogP contribution in [0.4, 0.5) is 0 Å². The average Bonchev–Trinajstić information content (AvgIpc) is 3.30. The Morgan fingerprint density at radius 1 is 1.05 bits per heavy atom. The number of methoxy groups -OCH3 is 2. The Morgan fingerprint density at radius 3 is 2.68 bits per heavy atom. The van der Waals surface area contributed by atoms with Gasteiger partial charge in [-0.1, -0.05) is 30.3 Å². The van der Waals surface area contributed by atoms with Gasteiger partial charge in [0.1, 0.15) is 11.6 Å². The molecule has 0 fully saturated rings. The number of imidazole rings is 1. The van der Waals surface area contributed by atoms with Gasteiger partial charge in [-0.05, 0) is 67.8 Å². The topological polar surface area (TPSA) is 74.6 Å². The summed E-state index contributed by atoms with van der Waals surface area (Å²) >= 11 is 0. The molecule has 7 nitrogen and oxygen atoms in total. The molecule has 0 aliphatic rings. The van der Waals surface area contributed by atoms with Crippen LogP contribution in [0, 0.1) is 0 Å². The molecular weight excluding hydrogens is 466 g/mol. The fraction of sp³-hybridized carbons (Fsp3) is 0.267. The highest BCUT2D eigenvalue weighted by atomic mass is 16.5. The molecule has 0 radical (unpaired) electrons. The smallest absolute Gasteiger partial charge is 0.251 e. The number of allylic oxidation sites excluding steroid dienone is 1. The molecule has 0 saturated heterocycles. The van der Waals surface area contributed by atoms with Crippen molar-refractivity contribution in [2.24, 2.45) is 0 Å². The third kappa shape index (κ3) is 6.12. The molecule has 1 N–H and O–H groups in total. The van der Waals surface area contributed by atoms with Gasteiger partial charge in [0.25, 0.3) is 5.91 Å². The van der Waals surface area contributed by atoms with Crippen molar-refractivity contribution in [1.82, 2.24) is 14.9 Å². The predicted octanol–water partition coefficient (Wildman–Crippen LogP) is 5.74. The van der Waals surface area contributed by atoms with E-state index in [0.717, 1.165) is 35.3 Å². The van der Waals surface area contributed by atoms with E-state index in [1.807, 2.05) is 61.5 Å². The number of carbonyl (C=O) groups excluding carboxylic acids is 1. The number of aryl methyl sites for hydroxylation is 1. The molecule has 4 aromatic rings. The first-order chi connectivity index (χ1) is 18.0. The Bertz CT molecular complexity index is 1380. The Morgan fingerprint density at radius 2 is 1.89 bits per heavy atom. The quantitative estimate of drug-likeness (QED) is 0.199. The second-order valence-corrected chi connectivity index (χ2v) is 8.72. The summed E-state index contributed by atoms with van der Waals surface area (Å²) in [4.78, 5) is 17.8. The van der Waals surface area contributed by atoms with Crippen LogP contribution in [-0.2, 0) is 13.0 Å². The number of para-hydroxylation sites is 2. The molecule has 1 atom stereocenters. The van der Waals surface area contributed by atoms with Crippen LogP contribution in [0.3, 0.4) is 0 Å². The summed E-state index contributed by atoms with van der Waals surface area (Å²) < 4.78 is 19.0. The fourth-order valence-corrected chi connectivity index (χ4v) is 4.30. The van der Waals surface area contributed by atoms with Crippen LogP contribution >= 0.6 is 0 Å². The van der Waals surface area contributed by atoms with Crippen molar-refractivity contribution in [3.8, 4) is 17.2 Å². The molecule has 1 amide bonds. The Labute approximate surface area is 217 Å². The molecule has 4 rings (SSSR count). The van der Waals surface area contributed by atoms with E-state index in [2.05, 4.69) is 16.5 Å². The van der Waals surface area contributed by atoms with Gasteiger partial charge < -0.3 is 24.1 Å². The lowest BCUT2D eigenvalue weighted by molar-refractivity contribution is 0.0937. The van der Waals surface area contributed by atoms with Crippen molar-refractivity contribution < 1.29 is 19.0 Å². The van der Waals surface area contributed by atoms with Gasteiger partial charge in [0.05, 0.1) is 37.9 Å². The maximum Gasteiger partial charge on any atom is 0.251 e. The lowest BCUT2D eigenvalue weighted by atomic mass is 10.1. The van der Waals surface area contributed by atoms with Gasteiger partial charge in [0.2, 0.25) is 0 Å². The van der Waals surface area contributed by atoms with Gasteiger partial charge in [-0.2, -0.15) is 0 Å². The van der Waals surface area contributed by atoms with Gasteiger partial charge in [0, 0.05) is 12.1 Å².